The fourth-order valence-electron chi connectivity index (χ4n) is 3.96. The molecular weight excluding hydrogens is 362 g/mol. The third kappa shape index (κ3) is 8.86. The first-order valence-electron chi connectivity index (χ1n) is 11.1. The Labute approximate surface area is 176 Å². The van der Waals surface area contributed by atoms with Gasteiger partial charge in [-0.05, 0) is 78.1 Å². The molecular formula is C23H39N5O. The number of nitrogens with one attached hydrogen (secondary N) is 2. The molecule has 0 bridgehead atoms. The molecule has 0 unspecified atom stereocenters. The highest BCUT2D eigenvalue weighted by molar-refractivity contribution is 5.79. The molecule has 1 saturated heterocycles. The van der Waals surface area contributed by atoms with Crippen molar-refractivity contribution in [2.24, 2.45) is 16.6 Å². The van der Waals surface area contributed by atoms with Crippen LogP contribution >= 0.6 is 0 Å². The van der Waals surface area contributed by atoms with Gasteiger partial charge in [-0.15, -0.1) is 0 Å². The van der Waals surface area contributed by atoms with Crippen LogP contribution in [0.25, 0.3) is 0 Å². The molecule has 0 atom stereocenters. The highest BCUT2D eigenvalue weighted by Crippen LogP contribution is 2.16. The molecule has 29 heavy (non-hydrogen) atoms. The van der Waals surface area contributed by atoms with Crippen LogP contribution in [0.5, 0.6) is 0 Å². The number of benzene rings is 1. The number of amides is 1. The number of aryl methyl sites for hydroxylation is 2. The Morgan fingerprint density at radius 2 is 1.83 bits per heavy atom. The van der Waals surface area contributed by atoms with Gasteiger partial charge in [-0.2, -0.15) is 0 Å². The molecule has 0 radical (unpaired) electrons. The number of unbranched alkanes of at least 4 members (excludes halogenated alkanes) is 1. The van der Waals surface area contributed by atoms with Gasteiger partial charge in [0.05, 0.1) is 0 Å². The predicted octanol–water partition coefficient (Wildman–Crippen LogP) is 2.38. The van der Waals surface area contributed by atoms with Gasteiger partial charge in [0.15, 0.2) is 5.96 Å². The fourth-order valence-corrected chi connectivity index (χ4v) is 3.96. The zero-order valence-corrected chi connectivity index (χ0v) is 18.5. The Morgan fingerprint density at radius 3 is 2.45 bits per heavy atom. The van der Waals surface area contributed by atoms with Crippen molar-refractivity contribution < 1.29 is 4.79 Å². The first-order valence-corrected chi connectivity index (χ1v) is 11.1. The van der Waals surface area contributed by atoms with Gasteiger partial charge in [0, 0.05) is 25.6 Å². The Bertz CT molecular complexity index is 645. The average molecular weight is 402 g/mol. The number of primary amides is 1. The molecule has 1 aliphatic heterocycles. The van der Waals surface area contributed by atoms with Crippen molar-refractivity contribution >= 4 is 11.9 Å². The first kappa shape index (κ1) is 23.2. The molecule has 1 aromatic carbocycles. The highest BCUT2D eigenvalue weighted by Gasteiger charge is 2.22. The maximum atomic E-state index is 11.2. The summed E-state index contributed by atoms with van der Waals surface area (Å²) in [5.41, 5.74) is 9.41. The number of piperidine rings is 1. The largest absolute Gasteiger partial charge is 0.369 e. The van der Waals surface area contributed by atoms with Crippen molar-refractivity contribution in [3.8, 4) is 0 Å². The topological polar surface area (TPSA) is 82.8 Å². The zero-order chi connectivity index (χ0) is 21.1. The minimum Gasteiger partial charge on any atom is -0.369 e. The summed E-state index contributed by atoms with van der Waals surface area (Å²) in [4.78, 5) is 18.4. The molecule has 1 fully saturated rings. The lowest BCUT2D eigenvalue weighted by molar-refractivity contribution is -0.123. The predicted molar refractivity (Wildman–Crippen MR) is 121 cm³/mol. The summed E-state index contributed by atoms with van der Waals surface area (Å²) in [6, 6.07) is 6.72. The average Bonchev–Trinajstić information content (AvgIpc) is 2.67. The van der Waals surface area contributed by atoms with Crippen molar-refractivity contribution in [1.29, 1.82) is 0 Å². The molecule has 6 heteroatoms. The number of aliphatic imine (C=N–C) groups is 1. The lowest BCUT2D eigenvalue weighted by Crippen LogP contribution is -2.39. The van der Waals surface area contributed by atoms with E-state index in [4.69, 9.17) is 10.7 Å². The van der Waals surface area contributed by atoms with Gasteiger partial charge < -0.3 is 21.3 Å². The normalized spacial score (nSPS) is 16.0. The van der Waals surface area contributed by atoms with Crippen LogP contribution in [0.15, 0.2) is 23.2 Å². The van der Waals surface area contributed by atoms with Gasteiger partial charge in [0.25, 0.3) is 0 Å². The number of nitrogens with two attached hydrogens (primary N) is 1. The standard InChI is InChI=1S/C23H39N5O/c1-4-25-23(27-11-7-20-16-18(2)15-19(3)17-20)26-10-5-6-12-28-13-8-21(9-14-28)22(24)29/h15-17,21H,4-14H2,1-3H3,(H2,24,29)(H2,25,26,27). The number of hydrogen-bond donors (Lipinski definition) is 3. The zero-order valence-electron chi connectivity index (χ0n) is 18.5. The van der Waals surface area contributed by atoms with Gasteiger partial charge in [-0.1, -0.05) is 29.3 Å². The van der Waals surface area contributed by atoms with Crippen molar-refractivity contribution in [1.82, 2.24) is 15.5 Å². The van der Waals surface area contributed by atoms with E-state index in [1.807, 2.05) is 0 Å². The van der Waals surface area contributed by atoms with Crippen LogP contribution in [0.4, 0.5) is 0 Å². The van der Waals surface area contributed by atoms with Crippen LogP contribution in [0.2, 0.25) is 0 Å². The van der Waals surface area contributed by atoms with Crippen LogP contribution in [-0.2, 0) is 11.2 Å². The monoisotopic (exact) mass is 401 g/mol. The number of nitrogens with zero attached hydrogens (tertiary/aromatic N) is 2. The summed E-state index contributed by atoms with van der Waals surface area (Å²) in [5.74, 6) is 0.840. The molecule has 1 aromatic rings. The second kappa shape index (κ2) is 12.5. The van der Waals surface area contributed by atoms with Crippen molar-refractivity contribution in [2.45, 2.75) is 52.9 Å². The van der Waals surface area contributed by atoms with E-state index in [-0.39, 0.29) is 11.8 Å². The van der Waals surface area contributed by atoms with E-state index in [0.29, 0.717) is 0 Å². The SMILES string of the molecule is CCNC(=NCCCCN1CCC(C(N)=O)CC1)NCCc1cc(C)cc(C)c1. The molecule has 0 saturated carbocycles. The van der Waals surface area contributed by atoms with E-state index < -0.39 is 0 Å². The van der Waals surface area contributed by atoms with E-state index in [2.05, 4.69) is 54.5 Å². The second-order valence-corrected chi connectivity index (χ2v) is 8.16. The molecule has 4 N–H and O–H groups in total. The summed E-state index contributed by atoms with van der Waals surface area (Å²) in [6.07, 6.45) is 5.01. The Morgan fingerprint density at radius 1 is 1.14 bits per heavy atom. The van der Waals surface area contributed by atoms with Gasteiger partial charge in [0.1, 0.15) is 0 Å². The number of guanidine groups is 1. The Hall–Kier alpha value is -2.08. The van der Waals surface area contributed by atoms with Crippen LogP contribution in [0.3, 0.4) is 0 Å². The molecule has 0 aliphatic carbocycles. The van der Waals surface area contributed by atoms with E-state index in [0.717, 1.165) is 77.3 Å². The second-order valence-electron chi connectivity index (χ2n) is 8.16. The third-order valence-electron chi connectivity index (χ3n) is 5.47. The van der Waals surface area contributed by atoms with Gasteiger partial charge in [-0.25, -0.2) is 0 Å². The van der Waals surface area contributed by atoms with Gasteiger partial charge in [0.2, 0.25) is 5.91 Å². The van der Waals surface area contributed by atoms with Crippen LogP contribution in [0.1, 0.15) is 49.3 Å². The number of carbonyl (C=O) groups excluding carboxylic acids is 1. The Kier molecular flexibility index (Phi) is 9.98. The van der Waals surface area contributed by atoms with Crippen LogP contribution in [-0.4, -0.2) is 56.0 Å². The first-order chi connectivity index (χ1) is 14.0. The summed E-state index contributed by atoms with van der Waals surface area (Å²) in [7, 11) is 0. The minimum atomic E-state index is -0.139. The summed E-state index contributed by atoms with van der Waals surface area (Å²) < 4.78 is 0. The summed E-state index contributed by atoms with van der Waals surface area (Å²) >= 11 is 0. The number of rotatable bonds is 10. The fraction of sp³-hybridized carbons (Fsp3) is 0.652. The number of carbonyl (C=O) groups is 1. The summed E-state index contributed by atoms with van der Waals surface area (Å²) in [5, 5.41) is 6.78. The van der Waals surface area contributed by atoms with E-state index in [1.165, 1.54) is 16.7 Å². The quantitative estimate of drug-likeness (QED) is 0.319. The number of likely N-dealkylation sites (tertiary alicyclic amines) is 1. The molecule has 0 aromatic heterocycles. The molecule has 0 spiro atoms. The van der Waals surface area contributed by atoms with E-state index in [9.17, 15) is 4.79 Å². The van der Waals surface area contributed by atoms with Crippen molar-refractivity contribution in [3.05, 3.63) is 34.9 Å². The third-order valence-corrected chi connectivity index (χ3v) is 5.47. The lowest BCUT2D eigenvalue weighted by atomic mass is 9.96. The molecule has 2 rings (SSSR count). The Balaban J connectivity index is 1.64. The van der Waals surface area contributed by atoms with Gasteiger partial charge in [-0.3, -0.25) is 9.79 Å². The molecule has 6 nitrogen and oxygen atoms in total. The highest BCUT2D eigenvalue weighted by atomic mass is 16.1. The van der Waals surface area contributed by atoms with E-state index >= 15 is 0 Å². The van der Waals surface area contributed by atoms with Crippen molar-refractivity contribution in [2.75, 3.05) is 39.3 Å². The lowest BCUT2D eigenvalue weighted by Gasteiger charge is -2.30. The maximum absolute atomic E-state index is 11.2. The molecule has 1 heterocycles. The molecule has 1 amide bonds. The molecule has 1 aliphatic rings. The van der Waals surface area contributed by atoms with Crippen LogP contribution < -0.4 is 16.4 Å². The van der Waals surface area contributed by atoms with E-state index in [1.54, 1.807) is 0 Å². The molecule has 162 valence electrons. The smallest absolute Gasteiger partial charge is 0.220 e. The maximum Gasteiger partial charge on any atom is 0.220 e. The number of hydrogen-bond acceptors (Lipinski definition) is 3. The summed E-state index contributed by atoms with van der Waals surface area (Å²) in [6.45, 7) is 12.0. The van der Waals surface area contributed by atoms with Crippen molar-refractivity contribution in [3.63, 3.8) is 0 Å². The minimum absolute atomic E-state index is 0.0771. The van der Waals surface area contributed by atoms with Crippen LogP contribution in [0, 0.1) is 19.8 Å². The van der Waals surface area contributed by atoms with Gasteiger partial charge >= 0.3 is 0 Å².